The van der Waals surface area contributed by atoms with Crippen LogP contribution in [0.1, 0.15) is 35.1 Å². The van der Waals surface area contributed by atoms with Crippen molar-refractivity contribution in [2.75, 3.05) is 27.2 Å². The van der Waals surface area contributed by atoms with Crippen molar-refractivity contribution in [1.29, 1.82) is 0 Å². The summed E-state index contributed by atoms with van der Waals surface area (Å²) in [5.74, 6) is 0.139. The van der Waals surface area contributed by atoms with Crippen molar-refractivity contribution in [1.82, 2.24) is 10.6 Å². The molecule has 1 aliphatic rings. The van der Waals surface area contributed by atoms with Crippen LogP contribution >= 0.6 is 0 Å². The number of rotatable bonds is 6. The fourth-order valence-corrected chi connectivity index (χ4v) is 5.18. The van der Waals surface area contributed by atoms with E-state index in [1.54, 1.807) is 0 Å². The minimum atomic E-state index is 0.0685. The van der Waals surface area contributed by atoms with E-state index in [2.05, 4.69) is 49.0 Å². The molecule has 0 fully saturated rings. The van der Waals surface area contributed by atoms with Crippen molar-refractivity contribution in [2.24, 2.45) is 0 Å². The molecule has 4 rings (SSSR count). The number of nitrogens with zero attached hydrogens (tertiary/aromatic N) is 1. The van der Waals surface area contributed by atoms with Gasteiger partial charge < -0.3 is 15.1 Å². The largest absolute Gasteiger partial charge is 0.353 e. The first-order chi connectivity index (χ1) is 17.9. The van der Waals surface area contributed by atoms with Crippen molar-refractivity contribution in [2.45, 2.75) is 50.6 Å². The average Bonchev–Trinajstić information content (AvgIpc) is 2.90. The van der Waals surface area contributed by atoms with Crippen LogP contribution in [0.25, 0.3) is 0 Å². The number of hydrogen-bond acceptors (Lipinski definition) is 2. The molecule has 1 heterocycles. The second-order valence-electron chi connectivity index (χ2n) is 11.0. The lowest BCUT2D eigenvalue weighted by atomic mass is 9.93. The van der Waals surface area contributed by atoms with Gasteiger partial charge in [-0.25, -0.2) is 0 Å². The van der Waals surface area contributed by atoms with Crippen LogP contribution < -0.4 is 10.6 Å². The molecule has 0 saturated carbocycles. The van der Waals surface area contributed by atoms with Crippen molar-refractivity contribution in [3.05, 3.63) is 107 Å². The first-order valence-corrected chi connectivity index (χ1v) is 13.4. The highest BCUT2D eigenvalue weighted by Gasteiger charge is 2.26. The van der Waals surface area contributed by atoms with Crippen LogP contribution in [0.5, 0.6) is 0 Å². The summed E-state index contributed by atoms with van der Waals surface area (Å²) in [7, 11) is 4.49. The predicted octanol–water partition coefficient (Wildman–Crippen LogP) is 4.10. The van der Waals surface area contributed by atoms with E-state index >= 15 is 0 Å². The van der Waals surface area contributed by atoms with Gasteiger partial charge in [-0.2, -0.15) is 0 Å². The molecule has 0 bridgehead atoms. The van der Waals surface area contributed by atoms with E-state index in [4.69, 9.17) is 0 Å². The first kappa shape index (κ1) is 26.6. The fraction of sp³-hybridized carbons (Fsp3) is 0.375. The normalized spacial score (nSPS) is 19.6. The van der Waals surface area contributed by atoms with E-state index in [1.807, 2.05) is 60.7 Å². The fourth-order valence-electron chi connectivity index (χ4n) is 5.18. The topological polar surface area (TPSA) is 58.2 Å². The highest BCUT2D eigenvalue weighted by Crippen LogP contribution is 2.19. The number of carbonyl (C=O) groups excluding carboxylic acids is 2. The molecular formula is C32H40N3O2+. The highest BCUT2D eigenvalue weighted by molar-refractivity contribution is 5.79. The summed E-state index contributed by atoms with van der Waals surface area (Å²) in [6.45, 7) is 1.92. The second kappa shape index (κ2) is 12.7. The van der Waals surface area contributed by atoms with E-state index in [9.17, 15) is 9.59 Å². The van der Waals surface area contributed by atoms with Gasteiger partial charge in [0.05, 0.1) is 40.0 Å². The Bertz CT molecular complexity index is 1070. The van der Waals surface area contributed by atoms with Gasteiger partial charge in [-0.3, -0.25) is 9.59 Å². The lowest BCUT2D eigenvalue weighted by molar-refractivity contribution is -0.891. The number of hydrogen-bond donors (Lipinski definition) is 2. The van der Waals surface area contributed by atoms with Gasteiger partial charge in [-0.1, -0.05) is 84.9 Å². The molecule has 0 spiro atoms. The summed E-state index contributed by atoms with van der Waals surface area (Å²) >= 11 is 0. The van der Waals surface area contributed by atoms with E-state index in [-0.39, 0.29) is 23.9 Å². The minimum Gasteiger partial charge on any atom is -0.353 e. The lowest BCUT2D eigenvalue weighted by Gasteiger charge is -2.32. The molecule has 2 unspecified atom stereocenters. The molecule has 0 aliphatic carbocycles. The Kier molecular flexibility index (Phi) is 9.13. The summed E-state index contributed by atoms with van der Waals surface area (Å²) in [5.41, 5.74) is 4.56. The number of quaternary nitrogens is 1. The Morgan fingerprint density at radius 2 is 1.03 bits per heavy atom. The maximum atomic E-state index is 12.9. The van der Waals surface area contributed by atoms with Crippen molar-refractivity contribution < 1.29 is 14.1 Å². The molecule has 37 heavy (non-hydrogen) atoms. The number of fused-ring (bicyclic) bond motifs is 1. The van der Waals surface area contributed by atoms with Crippen LogP contribution in [-0.4, -0.2) is 55.6 Å². The van der Waals surface area contributed by atoms with Crippen LogP contribution in [0.2, 0.25) is 0 Å². The molecular weight excluding hydrogens is 458 g/mol. The van der Waals surface area contributed by atoms with E-state index in [0.717, 1.165) is 54.4 Å². The highest BCUT2D eigenvalue weighted by atomic mass is 16.2. The lowest BCUT2D eigenvalue weighted by Crippen LogP contribution is -2.47. The van der Waals surface area contributed by atoms with Gasteiger partial charge in [0.2, 0.25) is 11.8 Å². The molecule has 2 amide bonds. The Hall–Kier alpha value is -3.44. The predicted molar refractivity (Wildman–Crippen MR) is 149 cm³/mol. The van der Waals surface area contributed by atoms with Crippen LogP contribution in [0, 0.1) is 0 Å². The maximum Gasteiger partial charge on any atom is 0.224 e. The molecule has 3 aromatic rings. The second-order valence-corrected chi connectivity index (χ2v) is 11.0. The number of benzene rings is 3. The van der Waals surface area contributed by atoms with Gasteiger partial charge >= 0.3 is 0 Å². The van der Waals surface area contributed by atoms with Gasteiger partial charge in [0.25, 0.3) is 0 Å². The van der Waals surface area contributed by atoms with Crippen molar-refractivity contribution in [3.8, 4) is 0 Å². The number of carbonyl (C=O) groups is 2. The van der Waals surface area contributed by atoms with Crippen molar-refractivity contribution >= 4 is 11.8 Å². The summed E-state index contributed by atoms with van der Waals surface area (Å²) in [6.07, 6.45) is 4.20. The summed E-state index contributed by atoms with van der Waals surface area (Å²) < 4.78 is 0.854. The molecule has 0 radical (unpaired) electrons. The standard InChI is InChI=1S/C32H39N3O2/c1-35(2)19-17-29(33-31(36)21-25-11-5-3-6-12-25)23-27-15-9-10-16-28(27)24-30(18-20-35)34-32(37)22-26-13-7-4-8-14-26/h3-16,29-30H,17-24H2,1-2H3,(H-,33,34,36,37)/p+1. The SMILES string of the molecule is C[N+]1(C)CCC(NC(=O)Cc2ccccc2)Cc2ccccc2CC(NC(=O)Cc2ccccc2)CC1. The van der Waals surface area contributed by atoms with E-state index in [1.165, 1.54) is 11.1 Å². The van der Waals surface area contributed by atoms with Crippen LogP contribution in [0.3, 0.4) is 0 Å². The zero-order chi connectivity index (χ0) is 26.1. The van der Waals surface area contributed by atoms with E-state index < -0.39 is 0 Å². The molecule has 0 saturated heterocycles. The molecule has 2 atom stereocenters. The van der Waals surface area contributed by atoms with Gasteiger partial charge in [0, 0.05) is 24.9 Å². The quantitative estimate of drug-likeness (QED) is 0.503. The van der Waals surface area contributed by atoms with E-state index in [0.29, 0.717) is 12.8 Å². The zero-order valence-corrected chi connectivity index (χ0v) is 22.2. The van der Waals surface area contributed by atoms with Crippen LogP contribution in [0.15, 0.2) is 84.9 Å². The number of nitrogens with one attached hydrogen (secondary N) is 2. The molecule has 0 aromatic heterocycles. The average molecular weight is 499 g/mol. The molecule has 5 nitrogen and oxygen atoms in total. The third-order valence-corrected chi connectivity index (χ3v) is 7.36. The molecule has 3 aromatic carbocycles. The Balaban J connectivity index is 1.48. The van der Waals surface area contributed by atoms with Crippen LogP contribution in [-0.2, 0) is 35.3 Å². The van der Waals surface area contributed by atoms with Gasteiger partial charge in [-0.05, 0) is 35.1 Å². The molecule has 194 valence electrons. The first-order valence-electron chi connectivity index (χ1n) is 13.4. The Labute approximate surface area is 221 Å². The Morgan fingerprint density at radius 3 is 1.43 bits per heavy atom. The summed E-state index contributed by atoms with van der Waals surface area (Å²) in [5, 5.41) is 6.67. The van der Waals surface area contributed by atoms with Gasteiger partial charge in [0.1, 0.15) is 0 Å². The number of amides is 2. The zero-order valence-electron chi connectivity index (χ0n) is 22.2. The minimum absolute atomic E-state index is 0.0685. The molecule has 2 N–H and O–H groups in total. The van der Waals surface area contributed by atoms with Crippen LogP contribution in [0.4, 0.5) is 0 Å². The smallest absolute Gasteiger partial charge is 0.224 e. The van der Waals surface area contributed by atoms with Crippen molar-refractivity contribution in [3.63, 3.8) is 0 Å². The summed E-state index contributed by atoms with van der Waals surface area (Å²) in [6, 6.07) is 28.5. The Morgan fingerprint density at radius 1 is 0.649 bits per heavy atom. The third-order valence-electron chi connectivity index (χ3n) is 7.36. The molecule has 5 heteroatoms. The molecule has 1 aliphatic heterocycles. The third kappa shape index (κ3) is 8.57. The summed E-state index contributed by atoms with van der Waals surface area (Å²) in [4.78, 5) is 25.9. The monoisotopic (exact) mass is 498 g/mol. The van der Waals surface area contributed by atoms with Gasteiger partial charge in [0.15, 0.2) is 0 Å². The maximum absolute atomic E-state index is 12.9. The van der Waals surface area contributed by atoms with Gasteiger partial charge in [-0.15, -0.1) is 0 Å².